The molecule has 0 fully saturated rings. The third kappa shape index (κ3) is 3.57. The first-order valence-electron chi connectivity index (χ1n) is 4.98. The topological polar surface area (TPSA) is 37.8 Å². The number of nitrogens with one attached hydrogen (secondary N) is 1. The SMILES string of the molecule is FC(F)(F)c1ccnc(Nc2ccc(Cl)cc2Br)n1. The number of hydrogen-bond donors (Lipinski definition) is 1. The van der Waals surface area contributed by atoms with Crippen molar-refractivity contribution in [3.8, 4) is 0 Å². The molecule has 0 radical (unpaired) electrons. The van der Waals surface area contributed by atoms with Crippen LogP contribution in [-0.2, 0) is 6.18 Å². The molecule has 0 unspecified atom stereocenters. The van der Waals surface area contributed by atoms with Crippen LogP contribution in [0.25, 0.3) is 0 Å². The zero-order valence-corrected chi connectivity index (χ0v) is 11.5. The Hall–Kier alpha value is -1.34. The van der Waals surface area contributed by atoms with Crippen LogP contribution in [-0.4, -0.2) is 9.97 Å². The summed E-state index contributed by atoms with van der Waals surface area (Å²) >= 11 is 9.01. The second kappa shape index (κ2) is 5.34. The number of hydrogen-bond acceptors (Lipinski definition) is 3. The van der Waals surface area contributed by atoms with Gasteiger partial charge in [0, 0.05) is 15.7 Å². The predicted octanol–water partition coefficient (Wildman–Crippen LogP) is 4.65. The van der Waals surface area contributed by atoms with Crippen molar-refractivity contribution in [2.45, 2.75) is 6.18 Å². The lowest BCUT2D eigenvalue weighted by Gasteiger charge is -2.09. The molecule has 0 aliphatic carbocycles. The van der Waals surface area contributed by atoms with Gasteiger partial charge in [-0.1, -0.05) is 11.6 Å². The molecular formula is C11H6BrClF3N3. The van der Waals surface area contributed by atoms with E-state index >= 15 is 0 Å². The smallest absolute Gasteiger partial charge is 0.323 e. The summed E-state index contributed by atoms with van der Waals surface area (Å²) in [6.45, 7) is 0. The summed E-state index contributed by atoms with van der Waals surface area (Å²) in [5.74, 6) is -0.141. The first kappa shape index (κ1) is 14.1. The molecule has 3 nitrogen and oxygen atoms in total. The van der Waals surface area contributed by atoms with Crippen LogP contribution in [0.3, 0.4) is 0 Å². The Morgan fingerprint density at radius 2 is 1.95 bits per heavy atom. The number of anilines is 2. The Morgan fingerprint density at radius 1 is 1.21 bits per heavy atom. The molecule has 19 heavy (non-hydrogen) atoms. The van der Waals surface area contributed by atoms with Crippen molar-refractivity contribution in [1.82, 2.24) is 9.97 Å². The minimum absolute atomic E-state index is 0.141. The first-order chi connectivity index (χ1) is 8.86. The van der Waals surface area contributed by atoms with E-state index in [9.17, 15) is 13.2 Å². The maximum atomic E-state index is 12.5. The fourth-order valence-electron chi connectivity index (χ4n) is 1.29. The van der Waals surface area contributed by atoms with Gasteiger partial charge in [0.2, 0.25) is 5.95 Å². The van der Waals surface area contributed by atoms with Crippen LogP contribution in [0.15, 0.2) is 34.9 Å². The summed E-state index contributed by atoms with van der Waals surface area (Å²) in [5.41, 5.74) is -0.487. The molecule has 1 aromatic carbocycles. The molecule has 0 saturated heterocycles. The molecule has 1 heterocycles. The number of nitrogens with zero attached hydrogens (tertiary/aromatic N) is 2. The quantitative estimate of drug-likeness (QED) is 0.854. The van der Waals surface area contributed by atoms with Crippen LogP contribution >= 0.6 is 27.5 Å². The highest BCUT2D eigenvalue weighted by Gasteiger charge is 2.32. The van der Waals surface area contributed by atoms with Gasteiger partial charge in [-0.05, 0) is 40.2 Å². The minimum atomic E-state index is -4.50. The Labute approximate surface area is 120 Å². The third-order valence-electron chi connectivity index (χ3n) is 2.12. The van der Waals surface area contributed by atoms with E-state index in [1.54, 1.807) is 18.2 Å². The van der Waals surface area contributed by atoms with Gasteiger partial charge in [0.1, 0.15) is 5.69 Å². The van der Waals surface area contributed by atoms with Crippen molar-refractivity contribution in [1.29, 1.82) is 0 Å². The second-order valence-corrected chi connectivity index (χ2v) is 4.80. The summed E-state index contributed by atoms with van der Waals surface area (Å²) in [6.07, 6.45) is -3.46. The molecule has 0 aliphatic heterocycles. The van der Waals surface area contributed by atoms with Gasteiger partial charge in [0.05, 0.1) is 5.69 Å². The van der Waals surface area contributed by atoms with E-state index in [0.29, 0.717) is 15.2 Å². The van der Waals surface area contributed by atoms with Crippen molar-refractivity contribution in [2.24, 2.45) is 0 Å². The molecule has 0 atom stereocenters. The molecule has 100 valence electrons. The van der Waals surface area contributed by atoms with E-state index < -0.39 is 11.9 Å². The summed E-state index contributed by atoms with van der Waals surface area (Å²) in [4.78, 5) is 7.14. The molecule has 0 saturated carbocycles. The van der Waals surface area contributed by atoms with Crippen LogP contribution in [0.1, 0.15) is 5.69 Å². The Kier molecular flexibility index (Phi) is 3.96. The Balaban J connectivity index is 2.29. The lowest BCUT2D eigenvalue weighted by molar-refractivity contribution is -0.141. The Bertz CT molecular complexity index is 604. The number of benzene rings is 1. The summed E-state index contributed by atoms with van der Waals surface area (Å²) in [5, 5.41) is 3.19. The number of alkyl halides is 3. The lowest BCUT2D eigenvalue weighted by Crippen LogP contribution is -2.10. The van der Waals surface area contributed by atoms with Crippen molar-refractivity contribution in [3.05, 3.63) is 45.7 Å². The molecule has 1 aromatic heterocycles. The molecule has 8 heteroatoms. The summed E-state index contributed by atoms with van der Waals surface area (Å²) < 4.78 is 38.1. The zero-order valence-electron chi connectivity index (χ0n) is 9.17. The molecule has 1 N–H and O–H groups in total. The zero-order chi connectivity index (χ0) is 14.0. The van der Waals surface area contributed by atoms with Gasteiger partial charge < -0.3 is 5.32 Å². The maximum absolute atomic E-state index is 12.5. The highest BCUT2D eigenvalue weighted by molar-refractivity contribution is 9.10. The number of aromatic nitrogens is 2. The molecule has 2 rings (SSSR count). The molecule has 2 aromatic rings. The normalized spacial score (nSPS) is 11.4. The fraction of sp³-hybridized carbons (Fsp3) is 0.0909. The first-order valence-corrected chi connectivity index (χ1v) is 6.15. The lowest BCUT2D eigenvalue weighted by atomic mass is 10.3. The van der Waals surface area contributed by atoms with Crippen molar-refractivity contribution >= 4 is 39.2 Å². The van der Waals surface area contributed by atoms with E-state index in [1.807, 2.05) is 0 Å². The van der Waals surface area contributed by atoms with Gasteiger partial charge in [-0.15, -0.1) is 0 Å². The molecule has 0 bridgehead atoms. The van der Waals surface area contributed by atoms with Gasteiger partial charge >= 0.3 is 6.18 Å². The standard InChI is InChI=1S/C11H6BrClF3N3/c12-7-5-6(13)1-2-8(7)18-10-17-4-3-9(19-10)11(14,15)16/h1-5H,(H,17,18,19). The highest BCUT2D eigenvalue weighted by Crippen LogP contribution is 2.30. The van der Waals surface area contributed by atoms with Crippen LogP contribution in [0.4, 0.5) is 24.8 Å². The van der Waals surface area contributed by atoms with Crippen molar-refractivity contribution in [3.63, 3.8) is 0 Å². The summed E-state index contributed by atoms with van der Waals surface area (Å²) in [7, 11) is 0. The maximum Gasteiger partial charge on any atom is 0.433 e. The molecule has 0 amide bonds. The van der Waals surface area contributed by atoms with Crippen molar-refractivity contribution in [2.75, 3.05) is 5.32 Å². The third-order valence-corrected chi connectivity index (χ3v) is 3.01. The van der Waals surface area contributed by atoms with Gasteiger partial charge in [-0.3, -0.25) is 0 Å². The second-order valence-electron chi connectivity index (χ2n) is 3.51. The van der Waals surface area contributed by atoms with Gasteiger partial charge in [0.25, 0.3) is 0 Å². The van der Waals surface area contributed by atoms with Gasteiger partial charge in [-0.25, -0.2) is 9.97 Å². The van der Waals surface area contributed by atoms with Gasteiger partial charge in [0.15, 0.2) is 0 Å². The van der Waals surface area contributed by atoms with E-state index in [0.717, 1.165) is 12.3 Å². The van der Waals surface area contributed by atoms with Gasteiger partial charge in [-0.2, -0.15) is 13.2 Å². The number of halogens is 5. The van der Waals surface area contributed by atoms with Crippen LogP contribution in [0.2, 0.25) is 5.02 Å². The number of rotatable bonds is 2. The average molecular weight is 353 g/mol. The molecular weight excluding hydrogens is 346 g/mol. The van der Waals surface area contributed by atoms with Crippen molar-refractivity contribution < 1.29 is 13.2 Å². The Morgan fingerprint density at radius 3 is 2.58 bits per heavy atom. The van der Waals surface area contributed by atoms with E-state index in [4.69, 9.17) is 11.6 Å². The van der Waals surface area contributed by atoms with E-state index in [1.165, 1.54) is 0 Å². The summed E-state index contributed by atoms with van der Waals surface area (Å²) in [6, 6.07) is 5.62. The predicted molar refractivity (Wildman–Crippen MR) is 69.5 cm³/mol. The van der Waals surface area contributed by atoms with E-state index in [2.05, 4.69) is 31.2 Å². The van der Waals surface area contributed by atoms with Crippen LogP contribution in [0, 0.1) is 0 Å². The molecule has 0 spiro atoms. The van der Waals surface area contributed by atoms with Crippen LogP contribution in [0.5, 0.6) is 0 Å². The van der Waals surface area contributed by atoms with Crippen LogP contribution < -0.4 is 5.32 Å². The molecule has 0 aliphatic rings. The minimum Gasteiger partial charge on any atom is -0.323 e. The monoisotopic (exact) mass is 351 g/mol. The van der Waals surface area contributed by atoms with E-state index in [-0.39, 0.29) is 5.95 Å². The average Bonchev–Trinajstić information content (AvgIpc) is 2.32. The largest absolute Gasteiger partial charge is 0.433 e. The fourth-order valence-corrected chi connectivity index (χ4v) is 2.07. The highest BCUT2D eigenvalue weighted by atomic mass is 79.9.